The Labute approximate surface area is 228 Å². The van der Waals surface area contributed by atoms with Gasteiger partial charge in [-0.25, -0.2) is 0 Å². The van der Waals surface area contributed by atoms with Crippen molar-refractivity contribution in [3.05, 3.63) is 83.4 Å². The van der Waals surface area contributed by atoms with Gasteiger partial charge in [0.05, 0.1) is 39.1 Å². The highest BCUT2D eigenvalue weighted by Crippen LogP contribution is 2.68. The Hall–Kier alpha value is -3.30. The molecule has 4 atom stereocenters. The number of methoxy groups -OCH3 is 2. The Morgan fingerprint density at radius 3 is 2.38 bits per heavy atom. The molecule has 8 nitrogen and oxygen atoms in total. The number of nitrogens with zero attached hydrogens (tertiary/aromatic N) is 1. The van der Waals surface area contributed by atoms with Crippen LogP contribution in [-0.2, 0) is 15.9 Å². The van der Waals surface area contributed by atoms with Crippen molar-refractivity contribution in [3.63, 3.8) is 0 Å². The van der Waals surface area contributed by atoms with E-state index in [0.717, 1.165) is 49.7 Å². The molecule has 1 saturated heterocycles. The largest absolute Gasteiger partial charge is 0.496 e. The maximum Gasteiger partial charge on any atom is 0.176 e. The molecule has 8 heteroatoms. The van der Waals surface area contributed by atoms with Gasteiger partial charge in [0.15, 0.2) is 11.2 Å². The first-order chi connectivity index (χ1) is 19.0. The van der Waals surface area contributed by atoms with Crippen molar-refractivity contribution in [2.24, 2.45) is 0 Å². The molecule has 6 rings (SSSR count). The lowest BCUT2D eigenvalue weighted by Crippen LogP contribution is -2.52. The van der Waals surface area contributed by atoms with Gasteiger partial charge in [-0.15, -0.1) is 0 Å². The monoisotopic (exact) mass is 533 g/mol. The first-order valence-corrected chi connectivity index (χ1v) is 13.5. The van der Waals surface area contributed by atoms with E-state index in [1.165, 1.54) is 7.11 Å². The number of fused-ring (bicyclic) bond motifs is 3. The SMILES string of the molecule is COc1cc(OC)c2c(c1)O[C@@]1(c3ccc(OCCN4CCOCC4)cc3)[C@H](c3ccccc3)C[C@@H](O)[C@@]21O. The van der Waals surface area contributed by atoms with Crippen LogP contribution < -0.4 is 18.9 Å². The third-order valence-electron chi connectivity index (χ3n) is 8.41. The van der Waals surface area contributed by atoms with Crippen LogP contribution in [0.1, 0.15) is 29.0 Å². The predicted molar refractivity (Wildman–Crippen MR) is 145 cm³/mol. The average molecular weight is 534 g/mol. The molecule has 1 saturated carbocycles. The maximum atomic E-state index is 12.6. The van der Waals surface area contributed by atoms with E-state index in [4.69, 9.17) is 23.7 Å². The predicted octanol–water partition coefficient (Wildman–Crippen LogP) is 3.44. The van der Waals surface area contributed by atoms with Gasteiger partial charge in [0.25, 0.3) is 0 Å². The van der Waals surface area contributed by atoms with E-state index in [1.807, 2.05) is 54.6 Å². The van der Waals surface area contributed by atoms with E-state index in [1.54, 1.807) is 19.2 Å². The first-order valence-electron chi connectivity index (χ1n) is 13.5. The fourth-order valence-corrected chi connectivity index (χ4v) is 6.50. The number of rotatable bonds is 8. The molecule has 0 bridgehead atoms. The second kappa shape index (κ2) is 10.4. The zero-order chi connectivity index (χ0) is 27.0. The highest BCUT2D eigenvalue weighted by molar-refractivity contribution is 5.62. The molecule has 3 aromatic rings. The van der Waals surface area contributed by atoms with Crippen molar-refractivity contribution in [1.82, 2.24) is 4.90 Å². The summed E-state index contributed by atoms with van der Waals surface area (Å²) in [6, 6.07) is 21.0. The number of hydrogen-bond acceptors (Lipinski definition) is 8. The van der Waals surface area contributed by atoms with Crippen LogP contribution in [0, 0.1) is 0 Å². The standard InChI is InChI=1S/C31H35NO7/c1-35-24-18-26(36-2)29-27(19-24)39-31(25(20-28(33)30(29,31)34)21-6-4-3-5-7-21)22-8-10-23(11-9-22)38-17-14-32-12-15-37-16-13-32/h3-11,18-19,25,28,33-34H,12-17,20H2,1-2H3/t25-,28+,30+,31-/m0/s1. The number of benzene rings is 3. The molecule has 0 amide bonds. The molecular weight excluding hydrogens is 498 g/mol. The fraction of sp³-hybridized carbons (Fsp3) is 0.419. The number of aliphatic hydroxyl groups excluding tert-OH is 1. The molecule has 2 aliphatic heterocycles. The van der Waals surface area contributed by atoms with Crippen LogP contribution in [0.15, 0.2) is 66.7 Å². The second-order valence-corrected chi connectivity index (χ2v) is 10.3. The van der Waals surface area contributed by atoms with E-state index in [-0.39, 0.29) is 5.92 Å². The lowest BCUT2D eigenvalue weighted by Gasteiger charge is -2.40. The lowest BCUT2D eigenvalue weighted by atomic mass is 9.71. The zero-order valence-corrected chi connectivity index (χ0v) is 22.3. The maximum absolute atomic E-state index is 12.6. The van der Waals surface area contributed by atoms with Gasteiger partial charge in [-0.05, 0) is 29.7 Å². The minimum Gasteiger partial charge on any atom is -0.496 e. The minimum atomic E-state index is -1.76. The summed E-state index contributed by atoms with van der Waals surface area (Å²) in [5, 5.41) is 24.1. The van der Waals surface area contributed by atoms with Crippen LogP contribution in [-0.4, -0.2) is 74.9 Å². The van der Waals surface area contributed by atoms with Crippen molar-refractivity contribution in [1.29, 1.82) is 0 Å². The van der Waals surface area contributed by atoms with Gasteiger partial charge in [-0.2, -0.15) is 0 Å². The zero-order valence-electron chi connectivity index (χ0n) is 22.3. The Morgan fingerprint density at radius 1 is 0.949 bits per heavy atom. The summed E-state index contributed by atoms with van der Waals surface area (Å²) in [4.78, 5) is 2.33. The Balaban J connectivity index is 1.39. The van der Waals surface area contributed by atoms with Crippen molar-refractivity contribution < 1.29 is 33.9 Å². The Kier molecular flexibility index (Phi) is 6.89. The van der Waals surface area contributed by atoms with E-state index >= 15 is 0 Å². The van der Waals surface area contributed by atoms with Gasteiger partial charge in [-0.1, -0.05) is 42.5 Å². The van der Waals surface area contributed by atoms with Crippen molar-refractivity contribution in [3.8, 4) is 23.0 Å². The summed E-state index contributed by atoms with van der Waals surface area (Å²) in [6.45, 7) is 4.74. The first kappa shape index (κ1) is 26.0. The van der Waals surface area contributed by atoms with Crippen LogP contribution in [0.25, 0.3) is 0 Å². The highest BCUT2D eigenvalue weighted by atomic mass is 16.5. The molecule has 1 aliphatic carbocycles. The van der Waals surface area contributed by atoms with Crippen LogP contribution in [0.5, 0.6) is 23.0 Å². The third kappa shape index (κ3) is 4.14. The van der Waals surface area contributed by atoms with E-state index in [0.29, 0.717) is 35.8 Å². The topological polar surface area (TPSA) is 89.9 Å². The molecule has 2 fully saturated rings. The van der Waals surface area contributed by atoms with Gasteiger partial charge < -0.3 is 33.9 Å². The molecule has 0 spiro atoms. The van der Waals surface area contributed by atoms with Crippen LogP contribution >= 0.6 is 0 Å². The van der Waals surface area contributed by atoms with E-state index < -0.39 is 17.3 Å². The molecule has 0 radical (unpaired) electrons. The normalized spacial score (nSPS) is 27.9. The second-order valence-electron chi connectivity index (χ2n) is 10.3. The van der Waals surface area contributed by atoms with E-state index in [2.05, 4.69) is 4.90 Å². The molecule has 2 heterocycles. The number of hydrogen-bond donors (Lipinski definition) is 2. The van der Waals surface area contributed by atoms with Gasteiger partial charge in [-0.3, -0.25) is 4.90 Å². The lowest BCUT2D eigenvalue weighted by molar-refractivity contribution is -0.150. The summed E-state index contributed by atoms with van der Waals surface area (Å²) in [5.74, 6) is 1.77. The van der Waals surface area contributed by atoms with Crippen molar-refractivity contribution in [2.75, 3.05) is 53.7 Å². The van der Waals surface area contributed by atoms with Crippen LogP contribution in [0.4, 0.5) is 0 Å². The number of aliphatic hydroxyl groups is 2. The summed E-state index contributed by atoms with van der Waals surface area (Å²) in [5.41, 5.74) is -0.922. The van der Waals surface area contributed by atoms with Gasteiger partial charge >= 0.3 is 0 Å². The Morgan fingerprint density at radius 2 is 1.69 bits per heavy atom. The summed E-state index contributed by atoms with van der Waals surface area (Å²) >= 11 is 0. The molecule has 0 unspecified atom stereocenters. The van der Waals surface area contributed by atoms with Crippen molar-refractivity contribution in [2.45, 2.75) is 29.6 Å². The molecule has 0 aromatic heterocycles. The van der Waals surface area contributed by atoms with Gasteiger partial charge in [0.2, 0.25) is 0 Å². The molecule has 2 N–H and O–H groups in total. The smallest absolute Gasteiger partial charge is 0.176 e. The molecular formula is C31H35NO7. The van der Waals surface area contributed by atoms with Crippen LogP contribution in [0.3, 0.4) is 0 Å². The number of morpholine rings is 1. The van der Waals surface area contributed by atoms with Gasteiger partial charge in [0.1, 0.15) is 29.6 Å². The fourth-order valence-electron chi connectivity index (χ4n) is 6.50. The quantitative estimate of drug-likeness (QED) is 0.455. The highest BCUT2D eigenvalue weighted by Gasteiger charge is 2.73. The number of ether oxygens (including phenoxy) is 5. The third-order valence-corrected chi connectivity index (χ3v) is 8.41. The molecule has 39 heavy (non-hydrogen) atoms. The van der Waals surface area contributed by atoms with E-state index in [9.17, 15) is 10.2 Å². The molecule has 206 valence electrons. The molecule has 3 aliphatic rings. The van der Waals surface area contributed by atoms with Crippen molar-refractivity contribution >= 4 is 0 Å². The minimum absolute atomic E-state index is 0.312. The molecule has 3 aromatic carbocycles. The summed E-state index contributed by atoms with van der Waals surface area (Å²) in [7, 11) is 3.11. The summed E-state index contributed by atoms with van der Waals surface area (Å²) in [6.07, 6.45) is -0.789. The van der Waals surface area contributed by atoms with Crippen LogP contribution in [0.2, 0.25) is 0 Å². The summed E-state index contributed by atoms with van der Waals surface area (Å²) < 4.78 is 29.4. The Bertz CT molecular complexity index is 1290. The average Bonchev–Trinajstić information content (AvgIpc) is 3.38. The van der Waals surface area contributed by atoms with Gasteiger partial charge in [0, 0.05) is 37.7 Å².